The highest BCUT2D eigenvalue weighted by molar-refractivity contribution is 4.95. The molecule has 0 aliphatic carbocycles. The standard InChI is InChI=1S/C11H21NO/c1-4-5-6-8-12-10-11(2,3)7-9-13/h12-13H,6-10H2,1-3H3. The predicted octanol–water partition coefficient (Wildman–Crippen LogP) is 1.40. The average molecular weight is 183 g/mol. The van der Waals surface area contributed by atoms with Gasteiger partial charge < -0.3 is 10.4 Å². The zero-order valence-corrected chi connectivity index (χ0v) is 8.98. The lowest BCUT2D eigenvalue weighted by atomic mass is 9.90. The number of aliphatic hydroxyl groups excluding tert-OH is 1. The van der Waals surface area contributed by atoms with Crippen molar-refractivity contribution in [3.8, 4) is 11.8 Å². The van der Waals surface area contributed by atoms with E-state index in [0.29, 0.717) is 0 Å². The van der Waals surface area contributed by atoms with Crippen molar-refractivity contribution < 1.29 is 5.11 Å². The van der Waals surface area contributed by atoms with Gasteiger partial charge in [0, 0.05) is 26.1 Å². The zero-order valence-electron chi connectivity index (χ0n) is 8.98. The Balaban J connectivity index is 3.43. The molecule has 0 aliphatic heterocycles. The van der Waals surface area contributed by atoms with Crippen LogP contribution in [-0.4, -0.2) is 24.8 Å². The summed E-state index contributed by atoms with van der Waals surface area (Å²) in [6.07, 6.45) is 1.76. The highest BCUT2D eigenvalue weighted by Gasteiger charge is 2.15. The van der Waals surface area contributed by atoms with Crippen molar-refractivity contribution in [2.45, 2.75) is 33.6 Å². The van der Waals surface area contributed by atoms with E-state index in [-0.39, 0.29) is 12.0 Å². The topological polar surface area (TPSA) is 32.3 Å². The van der Waals surface area contributed by atoms with E-state index in [4.69, 9.17) is 5.11 Å². The van der Waals surface area contributed by atoms with Crippen molar-refractivity contribution >= 4 is 0 Å². The minimum atomic E-state index is 0.189. The van der Waals surface area contributed by atoms with Crippen LogP contribution in [0.4, 0.5) is 0 Å². The first-order chi connectivity index (χ1) is 6.12. The number of hydrogen-bond donors (Lipinski definition) is 2. The fourth-order valence-corrected chi connectivity index (χ4v) is 1.09. The molecule has 0 aromatic heterocycles. The summed E-state index contributed by atoms with van der Waals surface area (Å²) in [5.74, 6) is 5.87. The van der Waals surface area contributed by atoms with Crippen molar-refractivity contribution in [2.24, 2.45) is 5.41 Å². The Morgan fingerprint density at radius 3 is 2.62 bits per heavy atom. The summed E-state index contributed by atoms with van der Waals surface area (Å²) in [5, 5.41) is 12.1. The van der Waals surface area contributed by atoms with Gasteiger partial charge >= 0.3 is 0 Å². The van der Waals surface area contributed by atoms with Gasteiger partial charge in [-0.05, 0) is 18.8 Å². The molecule has 76 valence electrons. The molecule has 2 N–H and O–H groups in total. The lowest BCUT2D eigenvalue weighted by Crippen LogP contribution is -2.30. The van der Waals surface area contributed by atoms with Crippen LogP contribution in [0.15, 0.2) is 0 Å². The third kappa shape index (κ3) is 7.83. The summed E-state index contributed by atoms with van der Waals surface area (Å²) in [4.78, 5) is 0. The molecular weight excluding hydrogens is 162 g/mol. The molecule has 2 heteroatoms. The number of aliphatic hydroxyl groups is 1. The Morgan fingerprint density at radius 1 is 1.38 bits per heavy atom. The first-order valence-electron chi connectivity index (χ1n) is 4.83. The molecule has 0 aromatic rings. The fraction of sp³-hybridized carbons (Fsp3) is 0.818. The van der Waals surface area contributed by atoms with Crippen molar-refractivity contribution in [1.82, 2.24) is 5.32 Å². The molecule has 13 heavy (non-hydrogen) atoms. The molecule has 0 rings (SSSR count). The van der Waals surface area contributed by atoms with E-state index >= 15 is 0 Å². The summed E-state index contributed by atoms with van der Waals surface area (Å²) in [6.45, 7) is 8.32. The molecule has 0 radical (unpaired) electrons. The molecule has 0 aliphatic rings. The van der Waals surface area contributed by atoms with Crippen LogP contribution in [0, 0.1) is 17.3 Å². The highest BCUT2D eigenvalue weighted by atomic mass is 16.3. The molecule has 0 unspecified atom stereocenters. The van der Waals surface area contributed by atoms with Crippen LogP contribution in [0.1, 0.15) is 33.6 Å². The first kappa shape index (κ1) is 12.5. The second-order valence-corrected chi connectivity index (χ2v) is 3.99. The van der Waals surface area contributed by atoms with E-state index < -0.39 is 0 Å². The van der Waals surface area contributed by atoms with Crippen molar-refractivity contribution in [1.29, 1.82) is 0 Å². The van der Waals surface area contributed by atoms with Crippen LogP contribution in [-0.2, 0) is 0 Å². The summed E-state index contributed by atoms with van der Waals surface area (Å²) in [5.41, 5.74) is 0.189. The zero-order chi connectivity index (χ0) is 10.2. The van der Waals surface area contributed by atoms with E-state index in [1.165, 1.54) is 0 Å². The van der Waals surface area contributed by atoms with Crippen LogP contribution >= 0.6 is 0 Å². The third-order valence-electron chi connectivity index (χ3n) is 2.00. The first-order valence-corrected chi connectivity index (χ1v) is 4.83. The van der Waals surface area contributed by atoms with Gasteiger partial charge in [-0.1, -0.05) is 13.8 Å². The second-order valence-electron chi connectivity index (χ2n) is 3.99. The fourth-order valence-electron chi connectivity index (χ4n) is 1.09. The van der Waals surface area contributed by atoms with Crippen LogP contribution < -0.4 is 5.32 Å². The Hall–Kier alpha value is -0.520. The number of rotatable bonds is 6. The molecule has 0 amide bonds. The largest absolute Gasteiger partial charge is 0.396 e. The van der Waals surface area contributed by atoms with Gasteiger partial charge in [-0.3, -0.25) is 0 Å². The minimum absolute atomic E-state index is 0.189. The maximum Gasteiger partial charge on any atom is 0.0436 e. The van der Waals surface area contributed by atoms with Crippen molar-refractivity contribution in [2.75, 3.05) is 19.7 Å². The van der Waals surface area contributed by atoms with Gasteiger partial charge in [-0.15, -0.1) is 11.8 Å². The maximum absolute atomic E-state index is 8.79. The van der Waals surface area contributed by atoms with Gasteiger partial charge in [-0.2, -0.15) is 0 Å². The SMILES string of the molecule is CC#CCCNCC(C)(C)CCO. The highest BCUT2D eigenvalue weighted by Crippen LogP contribution is 2.17. The normalized spacial score (nSPS) is 10.8. The van der Waals surface area contributed by atoms with E-state index in [0.717, 1.165) is 25.9 Å². The van der Waals surface area contributed by atoms with Crippen molar-refractivity contribution in [3.05, 3.63) is 0 Å². The third-order valence-corrected chi connectivity index (χ3v) is 2.00. The van der Waals surface area contributed by atoms with Crippen molar-refractivity contribution in [3.63, 3.8) is 0 Å². The summed E-state index contributed by atoms with van der Waals surface area (Å²) in [6, 6.07) is 0. The summed E-state index contributed by atoms with van der Waals surface area (Å²) >= 11 is 0. The van der Waals surface area contributed by atoms with Crippen LogP contribution in [0.3, 0.4) is 0 Å². The molecular formula is C11H21NO. The molecule has 0 saturated carbocycles. The van der Waals surface area contributed by atoms with E-state index in [1.54, 1.807) is 0 Å². The lowest BCUT2D eigenvalue weighted by Gasteiger charge is -2.23. The average Bonchev–Trinajstić information content (AvgIpc) is 2.04. The predicted molar refractivity (Wildman–Crippen MR) is 56.4 cm³/mol. The van der Waals surface area contributed by atoms with E-state index in [9.17, 15) is 0 Å². The molecule has 0 bridgehead atoms. The van der Waals surface area contributed by atoms with Gasteiger partial charge in [-0.25, -0.2) is 0 Å². The molecule has 0 heterocycles. The molecule has 0 spiro atoms. The Kier molecular flexibility index (Phi) is 6.66. The number of nitrogens with one attached hydrogen (secondary N) is 1. The quantitative estimate of drug-likeness (QED) is 0.482. The van der Waals surface area contributed by atoms with Crippen LogP contribution in [0.25, 0.3) is 0 Å². The molecule has 0 atom stereocenters. The van der Waals surface area contributed by atoms with Gasteiger partial charge in [0.2, 0.25) is 0 Å². The molecule has 0 aromatic carbocycles. The molecule has 0 fully saturated rings. The second kappa shape index (κ2) is 6.94. The van der Waals surface area contributed by atoms with E-state index in [1.807, 2.05) is 6.92 Å². The minimum Gasteiger partial charge on any atom is -0.396 e. The van der Waals surface area contributed by atoms with Crippen LogP contribution in [0.5, 0.6) is 0 Å². The maximum atomic E-state index is 8.79. The monoisotopic (exact) mass is 183 g/mol. The molecule has 2 nitrogen and oxygen atoms in total. The van der Waals surface area contributed by atoms with Gasteiger partial charge in [0.1, 0.15) is 0 Å². The Morgan fingerprint density at radius 2 is 2.08 bits per heavy atom. The lowest BCUT2D eigenvalue weighted by molar-refractivity contribution is 0.208. The van der Waals surface area contributed by atoms with Gasteiger partial charge in [0.05, 0.1) is 0 Å². The summed E-state index contributed by atoms with van der Waals surface area (Å²) in [7, 11) is 0. The molecule has 0 saturated heterocycles. The number of hydrogen-bond acceptors (Lipinski definition) is 2. The van der Waals surface area contributed by atoms with Gasteiger partial charge in [0.15, 0.2) is 0 Å². The summed E-state index contributed by atoms with van der Waals surface area (Å²) < 4.78 is 0. The smallest absolute Gasteiger partial charge is 0.0436 e. The van der Waals surface area contributed by atoms with Crippen LogP contribution in [0.2, 0.25) is 0 Å². The van der Waals surface area contributed by atoms with E-state index in [2.05, 4.69) is 31.0 Å². The Labute approximate surface area is 81.7 Å². The van der Waals surface area contributed by atoms with Gasteiger partial charge in [0.25, 0.3) is 0 Å². The Bertz CT molecular complexity index is 176.